The molecule has 0 spiro atoms. The molecular formula is C16H18N2O2. The molecule has 0 unspecified atom stereocenters. The first-order chi connectivity index (χ1) is 9.65. The first kappa shape index (κ1) is 14.1. The predicted octanol–water partition coefficient (Wildman–Crippen LogP) is 2.80. The van der Waals surface area contributed by atoms with Crippen molar-refractivity contribution in [1.82, 2.24) is 10.3 Å². The maximum Gasteiger partial charge on any atom is 0.251 e. The zero-order valence-electron chi connectivity index (χ0n) is 11.7. The second-order valence-corrected chi connectivity index (χ2v) is 4.73. The molecule has 20 heavy (non-hydrogen) atoms. The summed E-state index contributed by atoms with van der Waals surface area (Å²) >= 11 is 0. The first-order valence-corrected chi connectivity index (χ1v) is 6.59. The van der Waals surface area contributed by atoms with Gasteiger partial charge in [-0.05, 0) is 49.7 Å². The molecule has 0 saturated carbocycles. The summed E-state index contributed by atoms with van der Waals surface area (Å²) < 4.78 is 5.58. The minimum Gasteiger partial charge on any atom is -0.491 e. The average molecular weight is 270 g/mol. The minimum absolute atomic E-state index is 0.0881. The lowest BCUT2D eigenvalue weighted by molar-refractivity contribution is 0.0950. The van der Waals surface area contributed by atoms with E-state index in [9.17, 15) is 4.79 Å². The highest BCUT2D eigenvalue weighted by Crippen LogP contribution is 2.15. The molecule has 4 heteroatoms. The van der Waals surface area contributed by atoms with Gasteiger partial charge in [-0.3, -0.25) is 9.78 Å². The van der Waals surface area contributed by atoms with Crippen molar-refractivity contribution >= 4 is 5.91 Å². The zero-order valence-corrected chi connectivity index (χ0v) is 11.7. The van der Waals surface area contributed by atoms with Crippen molar-refractivity contribution in [3.63, 3.8) is 0 Å². The molecule has 104 valence electrons. The van der Waals surface area contributed by atoms with E-state index in [-0.39, 0.29) is 12.0 Å². The monoisotopic (exact) mass is 270 g/mol. The topological polar surface area (TPSA) is 51.2 Å². The molecule has 4 nitrogen and oxygen atoms in total. The number of ether oxygens (including phenoxy) is 1. The van der Waals surface area contributed by atoms with Crippen molar-refractivity contribution in [2.45, 2.75) is 26.5 Å². The van der Waals surface area contributed by atoms with E-state index in [1.54, 1.807) is 24.5 Å². The van der Waals surface area contributed by atoms with Crippen molar-refractivity contribution in [1.29, 1.82) is 0 Å². The van der Waals surface area contributed by atoms with Crippen LogP contribution in [-0.4, -0.2) is 17.0 Å². The Morgan fingerprint density at radius 3 is 2.70 bits per heavy atom. The van der Waals surface area contributed by atoms with Gasteiger partial charge in [-0.15, -0.1) is 0 Å². The van der Waals surface area contributed by atoms with Gasteiger partial charge in [-0.25, -0.2) is 0 Å². The number of rotatable bonds is 5. The van der Waals surface area contributed by atoms with E-state index in [0.717, 1.165) is 5.56 Å². The molecule has 0 bridgehead atoms. The number of pyridine rings is 1. The van der Waals surface area contributed by atoms with Gasteiger partial charge in [-0.2, -0.15) is 0 Å². The van der Waals surface area contributed by atoms with E-state index in [0.29, 0.717) is 17.9 Å². The quantitative estimate of drug-likeness (QED) is 0.909. The van der Waals surface area contributed by atoms with Gasteiger partial charge in [0, 0.05) is 24.5 Å². The third-order valence-electron chi connectivity index (χ3n) is 2.67. The maximum atomic E-state index is 12.1. The number of hydrogen-bond acceptors (Lipinski definition) is 3. The largest absolute Gasteiger partial charge is 0.491 e. The standard InChI is InChI=1S/C16H18N2O2/c1-12(2)20-15-5-3-4-14(10-15)16(19)18-11-13-6-8-17-9-7-13/h3-10,12H,11H2,1-2H3,(H,18,19). The van der Waals surface area contributed by atoms with Crippen LogP contribution in [0.3, 0.4) is 0 Å². The molecule has 0 aliphatic carbocycles. The van der Waals surface area contributed by atoms with Gasteiger partial charge >= 0.3 is 0 Å². The summed E-state index contributed by atoms with van der Waals surface area (Å²) in [5.74, 6) is 0.590. The average Bonchev–Trinajstić information content (AvgIpc) is 2.45. The fourth-order valence-corrected chi connectivity index (χ4v) is 1.77. The van der Waals surface area contributed by atoms with Crippen LogP contribution in [0.15, 0.2) is 48.8 Å². The normalized spacial score (nSPS) is 10.3. The van der Waals surface area contributed by atoms with Crippen LogP contribution in [0.2, 0.25) is 0 Å². The van der Waals surface area contributed by atoms with E-state index in [2.05, 4.69) is 10.3 Å². The predicted molar refractivity (Wildman–Crippen MR) is 77.6 cm³/mol. The first-order valence-electron chi connectivity index (χ1n) is 6.59. The number of carbonyl (C=O) groups excluding carboxylic acids is 1. The molecule has 0 aliphatic heterocycles. The lowest BCUT2D eigenvalue weighted by Crippen LogP contribution is -2.22. The Hall–Kier alpha value is -2.36. The Bertz CT molecular complexity index is 568. The van der Waals surface area contributed by atoms with Crippen molar-refractivity contribution in [3.05, 3.63) is 59.9 Å². The summed E-state index contributed by atoms with van der Waals surface area (Å²) in [7, 11) is 0. The second-order valence-electron chi connectivity index (χ2n) is 4.73. The van der Waals surface area contributed by atoms with Crippen LogP contribution in [0, 0.1) is 0 Å². The fourth-order valence-electron chi connectivity index (χ4n) is 1.77. The number of amides is 1. The van der Waals surface area contributed by atoms with E-state index >= 15 is 0 Å². The molecule has 0 saturated heterocycles. The van der Waals surface area contributed by atoms with Crippen molar-refractivity contribution in [2.24, 2.45) is 0 Å². The minimum atomic E-state index is -0.115. The van der Waals surface area contributed by atoms with Gasteiger partial charge in [0.1, 0.15) is 5.75 Å². The van der Waals surface area contributed by atoms with Gasteiger partial charge in [0.15, 0.2) is 0 Å². The van der Waals surface area contributed by atoms with Gasteiger partial charge in [0.2, 0.25) is 0 Å². The van der Waals surface area contributed by atoms with Gasteiger partial charge in [0.05, 0.1) is 6.10 Å². The number of benzene rings is 1. The number of carbonyl (C=O) groups is 1. The van der Waals surface area contributed by atoms with Crippen LogP contribution in [-0.2, 0) is 6.54 Å². The van der Waals surface area contributed by atoms with Crippen LogP contribution in [0.1, 0.15) is 29.8 Å². The molecule has 0 fully saturated rings. The lowest BCUT2D eigenvalue weighted by atomic mass is 10.2. The molecule has 1 amide bonds. The smallest absolute Gasteiger partial charge is 0.251 e. The molecule has 1 N–H and O–H groups in total. The van der Waals surface area contributed by atoms with Crippen molar-refractivity contribution in [3.8, 4) is 5.75 Å². The third kappa shape index (κ3) is 4.09. The number of aromatic nitrogens is 1. The highest BCUT2D eigenvalue weighted by Gasteiger charge is 2.07. The summed E-state index contributed by atoms with van der Waals surface area (Å²) in [6.07, 6.45) is 3.50. The SMILES string of the molecule is CC(C)Oc1cccc(C(=O)NCc2ccncc2)c1. The lowest BCUT2D eigenvalue weighted by Gasteiger charge is -2.11. The van der Waals surface area contributed by atoms with E-state index < -0.39 is 0 Å². The molecule has 2 aromatic rings. The molecule has 0 atom stereocenters. The summed E-state index contributed by atoms with van der Waals surface area (Å²) in [6.45, 7) is 4.39. The van der Waals surface area contributed by atoms with Gasteiger partial charge < -0.3 is 10.1 Å². The second kappa shape index (κ2) is 6.70. The summed E-state index contributed by atoms with van der Waals surface area (Å²) in [5, 5.41) is 2.87. The number of nitrogens with zero attached hydrogens (tertiary/aromatic N) is 1. The molecule has 1 heterocycles. The number of nitrogens with one attached hydrogen (secondary N) is 1. The Morgan fingerprint density at radius 2 is 2.00 bits per heavy atom. The Balaban J connectivity index is 1.98. The third-order valence-corrected chi connectivity index (χ3v) is 2.67. The molecule has 1 aromatic heterocycles. The Labute approximate surface area is 118 Å². The van der Waals surface area contributed by atoms with Crippen LogP contribution in [0.5, 0.6) is 5.75 Å². The van der Waals surface area contributed by atoms with Crippen LogP contribution in [0.25, 0.3) is 0 Å². The Morgan fingerprint density at radius 1 is 1.25 bits per heavy atom. The van der Waals surface area contributed by atoms with Gasteiger partial charge in [0.25, 0.3) is 5.91 Å². The molecule has 2 rings (SSSR count). The fraction of sp³-hybridized carbons (Fsp3) is 0.250. The van der Waals surface area contributed by atoms with Crippen molar-refractivity contribution in [2.75, 3.05) is 0 Å². The summed E-state index contributed by atoms with van der Waals surface area (Å²) in [4.78, 5) is 16.0. The summed E-state index contributed by atoms with van der Waals surface area (Å²) in [6, 6.07) is 10.9. The zero-order chi connectivity index (χ0) is 14.4. The molecule has 1 aromatic carbocycles. The van der Waals surface area contributed by atoms with Crippen LogP contribution >= 0.6 is 0 Å². The highest BCUT2D eigenvalue weighted by atomic mass is 16.5. The van der Waals surface area contributed by atoms with Crippen LogP contribution < -0.4 is 10.1 Å². The maximum absolute atomic E-state index is 12.1. The van der Waals surface area contributed by atoms with Crippen molar-refractivity contribution < 1.29 is 9.53 Å². The molecule has 0 radical (unpaired) electrons. The summed E-state index contributed by atoms with van der Waals surface area (Å²) in [5.41, 5.74) is 1.61. The molecule has 0 aliphatic rings. The Kier molecular flexibility index (Phi) is 4.71. The van der Waals surface area contributed by atoms with Crippen LogP contribution in [0.4, 0.5) is 0 Å². The van der Waals surface area contributed by atoms with Gasteiger partial charge in [-0.1, -0.05) is 6.07 Å². The number of hydrogen-bond donors (Lipinski definition) is 1. The molecular weight excluding hydrogens is 252 g/mol. The highest BCUT2D eigenvalue weighted by molar-refractivity contribution is 5.94. The van der Waals surface area contributed by atoms with E-state index in [4.69, 9.17) is 4.74 Å². The van der Waals surface area contributed by atoms with E-state index in [1.165, 1.54) is 0 Å². The van der Waals surface area contributed by atoms with E-state index in [1.807, 2.05) is 38.1 Å².